The van der Waals surface area contributed by atoms with Crippen LogP contribution in [0.15, 0.2) is 6.20 Å². The number of aromatic nitrogens is 2. The van der Waals surface area contributed by atoms with E-state index in [4.69, 9.17) is 4.74 Å². The van der Waals surface area contributed by atoms with Gasteiger partial charge in [-0.15, -0.1) is 0 Å². The van der Waals surface area contributed by atoms with Crippen molar-refractivity contribution in [1.82, 2.24) is 9.78 Å². The van der Waals surface area contributed by atoms with Gasteiger partial charge in [-0.2, -0.15) is 16.9 Å². The van der Waals surface area contributed by atoms with E-state index in [0.29, 0.717) is 11.7 Å². The third-order valence-corrected chi connectivity index (χ3v) is 4.38. The predicted molar refractivity (Wildman–Crippen MR) is 69.5 cm³/mol. The number of hydrogen-bond donors (Lipinski definition) is 1. The Bertz CT molecular complexity index is 361. The number of ether oxygens (including phenoxy) is 1. The van der Waals surface area contributed by atoms with E-state index in [0.717, 1.165) is 36.6 Å². The summed E-state index contributed by atoms with van der Waals surface area (Å²) in [6.45, 7) is 2.94. The third kappa shape index (κ3) is 2.60. The van der Waals surface area contributed by atoms with Crippen LogP contribution in [-0.4, -0.2) is 33.5 Å². The monoisotopic (exact) mass is 256 g/mol. The molecule has 1 N–H and O–H groups in total. The van der Waals surface area contributed by atoms with Gasteiger partial charge in [0.1, 0.15) is 11.8 Å². The number of nitrogens with zero attached hydrogens (tertiary/aromatic N) is 2. The Morgan fingerprint density at radius 3 is 3.12 bits per heavy atom. The molecule has 1 aromatic rings. The number of hydrogen-bond acceptors (Lipinski definition) is 4. The molecule has 0 aliphatic carbocycles. The number of aliphatic hydroxyl groups excluding tert-OH is 1. The Balaban J connectivity index is 2.23. The summed E-state index contributed by atoms with van der Waals surface area (Å²) in [6, 6.07) is 0. The van der Waals surface area contributed by atoms with Gasteiger partial charge in [0.05, 0.1) is 13.3 Å². The molecule has 0 aromatic carbocycles. The number of rotatable bonds is 5. The largest absolute Gasteiger partial charge is 0.493 e. The molecule has 96 valence electrons. The Hall–Kier alpha value is -0.680. The van der Waals surface area contributed by atoms with Crippen LogP contribution < -0.4 is 4.74 Å². The highest BCUT2D eigenvalue weighted by molar-refractivity contribution is 7.99. The van der Waals surface area contributed by atoms with Gasteiger partial charge in [0.2, 0.25) is 0 Å². The van der Waals surface area contributed by atoms with Gasteiger partial charge in [-0.05, 0) is 24.3 Å². The smallest absolute Gasteiger partial charge is 0.162 e. The molecule has 0 radical (unpaired) electrons. The maximum absolute atomic E-state index is 10.5. The molecule has 2 heterocycles. The molecule has 17 heavy (non-hydrogen) atoms. The van der Waals surface area contributed by atoms with Crippen LogP contribution in [0.4, 0.5) is 0 Å². The van der Waals surface area contributed by atoms with Crippen LogP contribution in [-0.2, 0) is 6.54 Å². The second kappa shape index (κ2) is 5.78. The Kier molecular flexibility index (Phi) is 4.34. The second-order valence-electron chi connectivity index (χ2n) is 4.39. The van der Waals surface area contributed by atoms with Gasteiger partial charge in [0, 0.05) is 12.5 Å². The van der Waals surface area contributed by atoms with Gasteiger partial charge in [-0.3, -0.25) is 4.68 Å². The molecule has 0 bridgehead atoms. The van der Waals surface area contributed by atoms with Crippen molar-refractivity contribution in [3.63, 3.8) is 0 Å². The molecule has 4 nitrogen and oxygen atoms in total. The van der Waals surface area contributed by atoms with Crippen molar-refractivity contribution in [2.45, 2.75) is 32.4 Å². The lowest BCUT2D eigenvalue weighted by Crippen LogP contribution is -2.17. The summed E-state index contributed by atoms with van der Waals surface area (Å²) in [5.41, 5.74) is 0.849. The van der Waals surface area contributed by atoms with E-state index in [2.05, 4.69) is 12.0 Å². The van der Waals surface area contributed by atoms with Crippen LogP contribution in [0.5, 0.6) is 5.75 Å². The zero-order chi connectivity index (χ0) is 12.3. The first kappa shape index (κ1) is 12.8. The lowest BCUT2D eigenvalue weighted by molar-refractivity contribution is 0.108. The summed E-state index contributed by atoms with van der Waals surface area (Å²) in [5.74, 6) is 3.22. The van der Waals surface area contributed by atoms with Crippen LogP contribution >= 0.6 is 11.8 Å². The van der Waals surface area contributed by atoms with Crippen molar-refractivity contribution >= 4 is 11.8 Å². The molecule has 2 rings (SSSR count). The molecule has 1 saturated heterocycles. The van der Waals surface area contributed by atoms with Gasteiger partial charge >= 0.3 is 0 Å². The minimum absolute atomic E-state index is 0.334. The predicted octanol–water partition coefficient (Wildman–Crippen LogP) is 2.09. The molecule has 1 aliphatic rings. The van der Waals surface area contributed by atoms with E-state index in [-0.39, 0.29) is 0 Å². The van der Waals surface area contributed by atoms with Gasteiger partial charge in [-0.25, -0.2) is 0 Å². The van der Waals surface area contributed by atoms with E-state index in [1.807, 2.05) is 16.4 Å². The highest BCUT2D eigenvalue weighted by atomic mass is 32.2. The quantitative estimate of drug-likeness (QED) is 0.876. The van der Waals surface area contributed by atoms with Crippen LogP contribution in [0.25, 0.3) is 0 Å². The molecule has 1 fully saturated rings. The van der Waals surface area contributed by atoms with Gasteiger partial charge in [-0.1, -0.05) is 6.92 Å². The maximum atomic E-state index is 10.5. The standard InChI is InChI=1S/C12H20N2O2S/c1-3-5-14-11(10(16-2)7-13-14)12(15)9-4-6-17-8-9/h7,9,12,15H,3-6,8H2,1-2H3. The summed E-state index contributed by atoms with van der Waals surface area (Å²) >= 11 is 1.91. The average Bonchev–Trinajstić information content (AvgIpc) is 2.97. The number of aliphatic hydroxyl groups is 1. The van der Waals surface area contributed by atoms with Gasteiger partial charge < -0.3 is 9.84 Å². The number of thioether (sulfide) groups is 1. The first-order valence-electron chi connectivity index (χ1n) is 6.13. The van der Waals surface area contributed by atoms with E-state index < -0.39 is 6.10 Å². The zero-order valence-corrected chi connectivity index (χ0v) is 11.2. The number of methoxy groups -OCH3 is 1. The first-order chi connectivity index (χ1) is 8.27. The molecule has 0 amide bonds. The first-order valence-corrected chi connectivity index (χ1v) is 7.28. The van der Waals surface area contributed by atoms with E-state index in [1.165, 1.54) is 0 Å². The van der Waals surface area contributed by atoms with Crippen molar-refractivity contribution in [2.24, 2.45) is 5.92 Å². The molecule has 5 heteroatoms. The minimum atomic E-state index is -0.450. The average molecular weight is 256 g/mol. The molecule has 0 saturated carbocycles. The summed E-state index contributed by atoms with van der Waals surface area (Å²) < 4.78 is 7.18. The fourth-order valence-corrected chi connectivity index (χ4v) is 3.54. The van der Waals surface area contributed by atoms with E-state index in [1.54, 1.807) is 13.3 Å². The molecule has 2 atom stereocenters. The molecular formula is C12H20N2O2S. The van der Waals surface area contributed by atoms with Gasteiger partial charge in [0.15, 0.2) is 5.75 Å². The van der Waals surface area contributed by atoms with Crippen LogP contribution in [0.2, 0.25) is 0 Å². The minimum Gasteiger partial charge on any atom is -0.493 e. The van der Waals surface area contributed by atoms with Crippen molar-refractivity contribution in [3.05, 3.63) is 11.9 Å². The van der Waals surface area contributed by atoms with E-state index in [9.17, 15) is 5.11 Å². The maximum Gasteiger partial charge on any atom is 0.162 e. The normalized spacial score (nSPS) is 21.7. The highest BCUT2D eigenvalue weighted by Gasteiger charge is 2.30. The number of aryl methyl sites for hydroxylation is 1. The second-order valence-corrected chi connectivity index (χ2v) is 5.54. The summed E-state index contributed by atoms with van der Waals surface area (Å²) in [4.78, 5) is 0. The highest BCUT2D eigenvalue weighted by Crippen LogP contribution is 2.37. The van der Waals surface area contributed by atoms with Crippen LogP contribution in [0.1, 0.15) is 31.6 Å². The summed E-state index contributed by atoms with van der Waals surface area (Å²) in [7, 11) is 1.63. The molecular weight excluding hydrogens is 236 g/mol. The Morgan fingerprint density at radius 1 is 1.71 bits per heavy atom. The van der Waals surface area contributed by atoms with E-state index >= 15 is 0 Å². The van der Waals surface area contributed by atoms with Crippen LogP contribution in [0, 0.1) is 5.92 Å². The Labute approximate surface area is 106 Å². The van der Waals surface area contributed by atoms with Crippen molar-refractivity contribution in [3.8, 4) is 5.75 Å². The molecule has 1 aliphatic heterocycles. The van der Waals surface area contributed by atoms with Crippen molar-refractivity contribution in [1.29, 1.82) is 0 Å². The summed E-state index contributed by atoms with van der Waals surface area (Å²) in [6.07, 6.45) is 3.33. The lowest BCUT2D eigenvalue weighted by Gasteiger charge is -2.19. The molecule has 0 spiro atoms. The fourth-order valence-electron chi connectivity index (χ4n) is 2.25. The van der Waals surface area contributed by atoms with Gasteiger partial charge in [0.25, 0.3) is 0 Å². The zero-order valence-electron chi connectivity index (χ0n) is 10.4. The fraction of sp³-hybridized carbons (Fsp3) is 0.750. The lowest BCUT2D eigenvalue weighted by atomic mass is 9.99. The molecule has 1 aromatic heterocycles. The van der Waals surface area contributed by atoms with Crippen molar-refractivity contribution < 1.29 is 9.84 Å². The summed E-state index contributed by atoms with van der Waals surface area (Å²) in [5, 5.41) is 14.8. The van der Waals surface area contributed by atoms with Crippen molar-refractivity contribution in [2.75, 3.05) is 18.6 Å². The Morgan fingerprint density at radius 2 is 2.53 bits per heavy atom. The topological polar surface area (TPSA) is 47.3 Å². The van der Waals surface area contributed by atoms with Crippen LogP contribution in [0.3, 0.4) is 0 Å². The SMILES string of the molecule is CCCn1ncc(OC)c1C(O)C1CCSC1. The third-order valence-electron chi connectivity index (χ3n) is 3.19. The molecule has 2 unspecified atom stereocenters.